The SMILES string of the molecule is CCOc1ccc(SCC(=O)NCCOc2ccccc2)cc1. The summed E-state index contributed by atoms with van der Waals surface area (Å²) in [4.78, 5) is 12.8. The number of hydrogen-bond donors (Lipinski definition) is 1. The standard InChI is InChI=1S/C18H21NO3S/c1-2-21-16-8-10-17(11-9-16)23-14-18(20)19-12-13-22-15-6-4-3-5-7-15/h3-11H,2,12-14H2,1H3,(H,19,20). The smallest absolute Gasteiger partial charge is 0.230 e. The van der Waals surface area contributed by atoms with Gasteiger partial charge in [0.25, 0.3) is 0 Å². The zero-order valence-corrected chi connectivity index (χ0v) is 14.0. The summed E-state index contributed by atoms with van der Waals surface area (Å²) in [6.07, 6.45) is 0. The van der Waals surface area contributed by atoms with Crippen LogP contribution in [0, 0.1) is 0 Å². The van der Waals surface area contributed by atoms with E-state index < -0.39 is 0 Å². The van der Waals surface area contributed by atoms with E-state index in [1.807, 2.05) is 61.5 Å². The predicted molar refractivity (Wildman–Crippen MR) is 93.3 cm³/mol. The quantitative estimate of drug-likeness (QED) is 0.565. The van der Waals surface area contributed by atoms with E-state index in [1.165, 1.54) is 11.8 Å². The minimum Gasteiger partial charge on any atom is -0.494 e. The molecule has 0 saturated heterocycles. The van der Waals surface area contributed by atoms with Gasteiger partial charge in [0.1, 0.15) is 18.1 Å². The van der Waals surface area contributed by atoms with Crippen LogP contribution in [0.5, 0.6) is 11.5 Å². The first-order chi connectivity index (χ1) is 11.3. The molecule has 0 aromatic heterocycles. The molecule has 0 fully saturated rings. The highest BCUT2D eigenvalue weighted by molar-refractivity contribution is 8.00. The van der Waals surface area contributed by atoms with Gasteiger partial charge in [-0.05, 0) is 43.3 Å². The average molecular weight is 331 g/mol. The monoisotopic (exact) mass is 331 g/mol. The topological polar surface area (TPSA) is 47.6 Å². The molecule has 0 radical (unpaired) electrons. The minimum atomic E-state index is 0.000506. The fourth-order valence-corrected chi connectivity index (χ4v) is 2.60. The molecule has 0 bridgehead atoms. The van der Waals surface area contributed by atoms with E-state index in [9.17, 15) is 4.79 Å². The number of para-hydroxylation sites is 1. The van der Waals surface area contributed by atoms with Gasteiger partial charge in [-0.1, -0.05) is 18.2 Å². The van der Waals surface area contributed by atoms with Crippen molar-refractivity contribution in [3.63, 3.8) is 0 Å². The summed E-state index contributed by atoms with van der Waals surface area (Å²) in [6, 6.07) is 17.3. The molecule has 122 valence electrons. The number of benzene rings is 2. The molecule has 1 amide bonds. The predicted octanol–water partition coefficient (Wildman–Crippen LogP) is 3.37. The first kappa shape index (κ1) is 17.2. The minimum absolute atomic E-state index is 0.000506. The van der Waals surface area contributed by atoms with Crippen molar-refractivity contribution in [1.29, 1.82) is 0 Å². The Morgan fingerprint density at radius 3 is 2.39 bits per heavy atom. The maximum absolute atomic E-state index is 11.8. The van der Waals surface area contributed by atoms with Crippen LogP contribution in [0.15, 0.2) is 59.5 Å². The molecule has 0 unspecified atom stereocenters. The van der Waals surface area contributed by atoms with Gasteiger partial charge < -0.3 is 14.8 Å². The second-order valence-corrected chi connectivity index (χ2v) is 5.75. The van der Waals surface area contributed by atoms with Gasteiger partial charge in [0, 0.05) is 4.90 Å². The van der Waals surface area contributed by atoms with Crippen LogP contribution in [-0.4, -0.2) is 31.4 Å². The van der Waals surface area contributed by atoms with E-state index in [1.54, 1.807) is 0 Å². The molecule has 2 rings (SSSR count). The molecular formula is C18H21NO3S. The van der Waals surface area contributed by atoms with Crippen molar-refractivity contribution in [2.75, 3.05) is 25.5 Å². The van der Waals surface area contributed by atoms with E-state index in [4.69, 9.17) is 9.47 Å². The Labute approximate surface area is 141 Å². The zero-order chi connectivity index (χ0) is 16.3. The molecule has 0 heterocycles. The summed E-state index contributed by atoms with van der Waals surface area (Å²) in [5, 5.41) is 2.85. The lowest BCUT2D eigenvalue weighted by Gasteiger charge is -2.08. The number of thioether (sulfide) groups is 1. The summed E-state index contributed by atoms with van der Waals surface area (Å²) in [5.74, 6) is 2.05. The summed E-state index contributed by atoms with van der Waals surface area (Å²) >= 11 is 1.50. The molecule has 2 aromatic rings. The molecule has 5 heteroatoms. The average Bonchev–Trinajstić information content (AvgIpc) is 2.59. The van der Waals surface area contributed by atoms with Crippen LogP contribution < -0.4 is 14.8 Å². The number of nitrogens with one attached hydrogen (secondary N) is 1. The van der Waals surface area contributed by atoms with Crippen molar-refractivity contribution >= 4 is 17.7 Å². The van der Waals surface area contributed by atoms with Crippen molar-refractivity contribution in [1.82, 2.24) is 5.32 Å². The van der Waals surface area contributed by atoms with Crippen molar-refractivity contribution in [2.24, 2.45) is 0 Å². The van der Waals surface area contributed by atoms with Gasteiger partial charge in [0.2, 0.25) is 5.91 Å². The van der Waals surface area contributed by atoms with Crippen LogP contribution in [0.4, 0.5) is 0 Å². The molecule has 2 aromatic carbocycles. The van der Waals surface area contributed by atoms with E-state index in [2.05, 4.69) is 5.32 Å². The van der Waals surface area contributed by atoms with E-state index in [0.29, 0.717) is 25.5 Å². The maximum Gasteiger partial charge on any atom is 0.230 e. The molecule has 0 aliphatic heterocycles. The molecule has 0 saturated carbocycles. The highest BCUT2D eigenvalue weighted by Gasteiger charge is 2.03. The van der Waals surface area contributed by atoms with Gasteiger partial charge in [-0.2, -0.15) is 0 Å². The van der Waals surface area contributed by atoms with Gasteiger partial charge >= 0.3 is 0 Å². The molecule has 0 atom stereocenters. The van der Waals surface area contributed by atoms with Crippen LogP contribution in [-0.2, 0) is 4.79 Å². The Balaban J connectivity index is 1.61. The number of carbonyl (C=O) groups is 1. The third kappa shape index (κ3) is 6.65. The van der Waals surface area contributed by atoms with Gasteiger partial charge in [-0.25, -0.2) is 0 Å². The van der Waals surface area contributed by atoms with E-state index in [-0.39, 0.29) is 5.91 Å². The first-order valence-electron chi connectivity index (χ1n) is 7.58. The van der Waals surface area contributed by atoms with Crippen molar-refractivity contribution in [3.05, 3.63) is 54.6 Å². The molecule has 23 heavy (non-hydrogen) atoms. The lowest BCUT2D eigenvalue weighted by molar-refractivity contribution is -0.118. The number of rotatable bonds is 9. The van der Waals surface area contributed by atoms with Gasteiger partial charge in [-0.15, -0.1) is 11.8 Å². The Kier molecular flexibility index (Phi) is 7.33. The van der Waals surface area contributed by atoms with Gasteiger partial charge in [0.15, 0.2) is 0 Å². The van der Waals surface area contributed by atoms with Gasteiger partial charge in [-0.3, -0.25) is 4.79 Å². The third-order valence-corrected chi connectivity index (χ3v) is 3.95. The number of hydrogen-bond acceptors (Lipinski definition) is 4. The van der Waals surface area contributed by atoms with Crippen LogP contribution in [0.3, 0.4) is 0 Å². The first-order valence-corrected chi connectivity index (χ1v) is 8.56. The maximum atomic E-state index is 11.8. The summed E-state index contributed by atoms with van der Waals surface area (Å²) < 4.78 is 10.9. The fraction of sp³-hybridized carbons (Fsp3) is 0.278. The Bertz CT molecular complexity index is 587. The Morgan fingerprint density at radius 2 is 1.70 bits per heavy atom. The van der Waals surface area contributed by atoms with Crippen LogP contribution in [0.25, 0.3) is 0 Å². The Hall–Kier alpha value is -2.14. The molecule has 0 aliphatic rings. The summed E-state index contributed by atoms with van der Waals surface area (Å²) in [7, 11) is 0. The largest absolute Gasteiger partial charge is 0.494 e. The number of ether oxygens (including phenoxy) is 2. The summed E-state index contributed by atoms with van der Waals surface area (Å²) in [6.45, 7) is 3.56. The second-order valence-electron chi connectivity index (χ2n) is 4.70. The number of carbonyl (C=O) groups excluding carboxylic acids is 1. The number of amides is 1. The lowest BCUT2D eigenvalue weighted by Crippen LogP contribution is -2.29. The molecule has 0 spiro atoms. The van der Waals surface area contributed by atoms with Crippen LogP contribution in [0.2, 0.25) is 0 Å². The molecule has 1 N–H and O–H groups in total. The van der Waals surface area contributed by atoms with Gasteiger partial charge in [0.05, 0.1) is 18.9 Å². The summed E-state index contributed by atoms with van der Waals surface area (Å²) in [5.41, 5.74) is 0. The lowest BCUT2D eigenvalue weighted by atomic mass is 10.3. The van der Waals surface area contributed by atoms with Crippen LogP contribution >= 0.6 is 11.8 Å². The highest BCUT2D eigenvalue weighted by Crippen LogP contribution is 2.21. The Morgan fingerprint density at radius 1 is 1.00 bits per heavy atom. The van der Waals surface area contributed by atoms with Crippen molar-refractivity contribution < 1.29 is 14.3 Å². The van der Waals surface area contributed by atoms with Crippen LogP contribution in [0.1, 0.15) is 6.92 Å². The third-order valence-electron chi connectivity index (χ3n) is 2.94. The fourth-order valence-electron chi connectivity index (χ4n) is 1.87. The van der Waals surface area contributed by atoms with Crippen molar-refractivity contribution in [2.45, 2.75) is 11.8 Å². The molecular weight excluding hydrogens is 310 g/mol. The normalized spacial score (nSPS) is 10.1. The zero-order valence-electron chi connectivity index (χ0n) is 13.2. The molecule has 4 nitrogen and oxygen atoms in total. The second kappa shape index (κ2) is 9.79. The highest BCUT2D eigenvalue weighted by atomic mass is 32.2. The van der Waals surface area contributed by atoms with E-state index >= 15 is 0 Å². The molecule has 0 aliphatic carbocycles. The van der Waals surface area contributed by atoms with E-state index in [0.717, 1.165) is 16.4 Å². The van der Waals surface area contributed by atoms with Crippen molar-refractivity contribution in [3.8, 4) is 11.5 Å².